The predicted molar refractivity (Wildman–Crippen MR) is 94.2 cm³/mol. The Balaban J connectivity index is 1.91. The zero-order chi connectivity index (χ0) is 16.7. The molecule has 126 valence electrons. The summed E-state index contributed by atoms with van der Waals surface area (Å²) in [5, 5.41) is 14.4. The van der Waals surface area contributed by atoms with Crippen LogP contribution in [0.1, 0.15) is 12.8 Å². The molecule has 2 heterocycles. The quantitative estimate of drug-likeness (QED) is 0.859. The largest absolute Gasteiger partial charge is 0.506 e. The smallest absolute Gasteiger partial charge is 0.192 e. The summed E-state index contributed by atoms with van der Waals surface area (Å²) in [4.78, 5) is 2.17. The lowest BCUT2D eigenvalue weighted by Gasteiger charge is -2.40. The maximum atomic E-state index is 10.5. The number of halogens is 1. The number of phenolic OH excluding ortho intramolecular Hbond substituents is 1. The van der Waals surface area contributed by atoms with Crippen LogP contribution in [0.25, 0.3) is 0 Å². The maximum absolute atomic E-state index is 10.5. The minimum Gasteiger partial charge on any atom is -0.506 e. The van der Waals surface area contributed by atoms with E-state index in [1.54, 1.807) is 19.2 Å². The van der Waals surface area contributed by atoms with Gasteiger partial charge in [0.25, 0.3) is 0 Å². The van der Waals surface area contributed by atoms with E-state index in [2.05, 4.69) is 10.2 Å². The zero-order valence-corrected chi connectivity index (χ0v) is 14.1. The number of benzene rings is 2. The SMILES string of the molecule is COc1cccc2c1Oc1cc(Cl)cc(O)c1N2C1CCNCC1. The van der Waals surface area contributed by atoms with Gasteiger partial charge in [-0.2, -0.15) is 0 Å². The first-order valence-corrected chi connectivity index (χ1v) is 8.44. The molecular formula is C18H19ClN2O3. The lowest BCUT2D eigenvalue weighted by molar-refractivity contribution is 0.368. The van der Waals surface area contributed by atoms with Crippen LogP contribution in [0.15, 0.2) is 30.3 Å². The fourth-order valence-corrected chi connectivity index (χ4v) is 3.71. The summed E-state index contributed by atoms with van der Waals surface area (Å²) < 4.78 is 11.5. The monoisotopic (exact) mass is 346 g/mol. The van der Waals surface area contributed by atoms with E-state index in [4.69, 9.17) is 21.1 Å². The average Bonchev–Trinajstić information content (AvgIpc) is 2.60. The van der Waals surface area contributed by atoms with Gasteiger partial charge in [-0.3, -0.25) is 0 Å². The van der Waals surface area contributed by atoms with Gasteiger partial charge < -0.3 is 24.8 Å². The molecule has 5 nitrogen and oxygen atoms in total. The number of phenols is 1. The second-order valence-electron chi connectivity index (χ2n) is 6.03. The molecule has 1 fully saturated rings. The standard InChI is InChI=1S/C18H19ClN2O3/c1-23-15-4-2-3-13-18(15)24-16-10-11(19)9-14(22)17(16)21(13)12-5-7-20-8-6-12/h2-4,9-10,12,20,22H,5-8H2,1H3. The summed E-state index contributed by atoms with van der Waals surface area (Å²) in [6, 6.07) is 9.37. The highest BCUT2D eigenvalue weighted by atomic mass is 35.5. The molecule has 0 bridgehead atoms. The number of para-hydroxylation sites is 1. The van der Waals surface area contributed by atoms with Gasteiger partial charge in [0, 0.05) is 23.2 Å². The van der Waals surface area contributed by atoms with Crippen molar-refractivity contribution in [1.82, 2.24) is 5.32 Å². The Hall–Kier alpha value is -2.11. The number of piperidine rings is 1. The van der Waals surface area contributed by atoms with Crippen LogP contribution >= 0.6 is 11.6 Å². The summed E-state index contributed by atoms with van der Waals surface area (Å²) in [7, 11) is 1.62. The van der Waals surface area contributed by atoms with Crippen molar-refractivity contribution >= 4 is 23.0 Å². The average molecular weight is 347 g/mol. The summed E-state index contributed by atoms with van der Waals surface area (Å²) >= 11 is 6.12. The molecule has 6 heteroatoms. The first-order chi connectivity index (χ1) is 11.7. The Labute approximate surface area is 145 Å². The van der Waals surface area contributed by atoms with Crippen molar-refractivity contribution in [3.63, 3.8) is 0 Å². The van der Waals surface area contributed by atoms with Gasteiger partial charge in [-0.1, -0.05) is 17.7 Å². The molecule has 2 aromatic carbocycles. The first-order valence-electron chi connectivity index (χ1n) is 8.06. The van der Waals surface area contributed by atoms with E-state index in [1.807, 2.05) is 18.2 Å². The summed E-state index contributed by atoms with van der Waals surface area (Å²) in [5.41, 5.74) is 1.58. The summed E-state index contributed by atoms with van der Waals surface area (Å²) in [5.74, 6) is 2.00. The van der Waals surface area contributed by atoms with Gasteiger partial charge in [0.05, 0.1) is 12.8 Å². The highest BCUT2D eigenvalue weighted by Crippen LogP contribution is 2.55. The molecule has 2 aliphatic rings. The van der Waals surface area contributed by atoms with Crippen LogP contribution < -0.4 is 19.7 Å². The third kappa shape index (κ3) is 2.44. The number of hydrogen-bond donors (Lipinski definition) is 2. The number of methoxy groups -OCH3 is 1. The van der Waals surface area contributed by atoms with Crippen LogP contribution in [-0.4, -0.2) is 31.3 Å². The Morgan fingerprint density at radius 1 is 1.29 bits per heavy atom. The molecule has 0 radical (unpaired) electrons. The highest BCUT2D eigenvalue weighted by Gasteiger charge is 2.34. The van der Waals surface area contributed by atoms with Crippen LogP contribution in [0.5, 0.6) is 23.0 Å². The van der Waals surface area contributed by atoms with Crippen molar-refractivity contribution in [1.29, 1.82) is 0 Å². The Morgan fingerprint density at radius 3 is 2.83 bits per heavy atom. The molecule has 24 heavy (non-hydrogen) atoms. The molecule has 2 N–H and O–H groups in total. The van der Waals surface area contributed by atoms with Gasteiger partial charge in [0.1, 0.15) is 11.4 Å². The van der Waals surface area contributed by atoms with Crippen molar-refractivity contribution in [2.75, 3.05) is 25.1 Å². The number of nitrogens with one attached hydrogen (secondary N) is 1. The number of anilines is 2. The van der Waals surface area contributed by atoms with Crippen molar-refractivity contribution < 1.29 is 14.6 Å². The molecule has 0 amide bonds. The summed E-state index contributed by atoms with van der Waals surface area (Å²) in [6.07, 6.45) is 1.97. The molecule has 0 saturated carbocycles. The number of aromatic hydroxyl groups is 1. The highest BCUT2D eigenvalue weighted by molar-refractivity contribution is 6.31. The van der Waals surface area contributed by atoms with Gasteiger partial charge >= 0.3 is 0 Å². The molecule has 2 aliphatic heterocycles. The lowest BCUT2D eigenvalue weighted by atomic mass is 10.0. The van der Waals surface area contributed by atoms with Gasteiger partial charge in [0.2, 0.25) is 0 Å². The molecule has 1 saturated heterocycles. The molecule has 0 aromatic heterocycles. The van der Waals surface area contributed by atoms with E-state index in [-0.39, 0.29) is 11.8 Å². The minimum atomic E-state index is 0.129. The second kappa shape index (κ2) is 6.07. The van der Waals surface area contributed by atoms with Crippen molar-refractivity contribution in [2.24, 2.45) is 0 Å². The second-order valence-corrected chi connectivity index (χ2v) is 6.47. The van der Waals surface area contributed by atoms with E-state index in [0.717, 1.165) is 31.6 Å². The zero-order valence-electron chi connectivity index (χ0n) is 13.4. The van der Waals surface area contributed by atoms with E-state index in [0.29, 0.717) is 28.0 Å². The Morgan fingerprint density at radius 2 is 2.08 bits per heavy atom. The first kappa shape index (κ1) is 15.4. The number of fused-ring (bicyclic) bond motifs is 2. The van der Waals surface area contributed by atoms with Crippen LogP contribution in [-0.2, 0) is 0 Å². The van der Waals surface area contributed by atoms with Crippen LogP contribution in [0.2, 0.25) is 5.02 Å². The molecule has 0 spiro atoms. The number of rotatable bonds is 2. The third-order valence-corrected chi connectivity index (χ3v) is 4.80. The van der Waals surface area contributed by atoms with Crippen molar-refractivity contribution in [2.45, 2.75) is 18.9 Å². The fraction of sp³-hybridized carbons (Fsp3) is 0.333. The molecule has 0 atom stereocenters. The molecular weight excluding hydrogens is 328 g/mol. The van der Waals surface area contributed by atoms with Gasteiger partial charge in [-0.25, -0.2) is 0 Å². The maximum Gasteiger partial charge on any atom is 0.192 e. The molecule has 0 unspecified atom stereocenters. The number of hydrogen-bond acceptors (Lipinski definition) is 5. The lowest BCUT2D eigenvalue weighted by Crippen LogP contribution is -2.41. The van der Waals surface area contributed by atoms with Crippen LogP contribution in [0, 0.1) is 0 Å². The van der Waals surface area contributed by atoms with Crippen LogP contribution in [0.4, 0.5) is 11.4 Å². The third-order valence-electron chi connectivity index (χ3n) is 4.58. The topological polar surface area (TPSA) is 54.0 Å². The van der Waals surface area contributed by atoms with E-state index < -0.39 is 0 Å². The van der Waals surface area contributed by atoms with Gasteiger partial charge in [0.15, 0.2) is 17.2 Å². The molecule has 2 aromatic rings. The minimum absolute atomic E-state index is 0.129. The van der Waals surface area contributed by atoms with Gasteiger partial charge in [-0.05, 0) is 38.1 Å². The van der Waals surface area contributed by atoms with E-state index >= 15 is 0 Å². The number of ether oxygens (including phenoxy) is 2. The predicted octanol–water partition coefficient (Wildman–Crippen LogP) is 4.05. The fourth-order valence-electron chi connectivity index (χ4n) is 3.51. The van der Waals surface area contributed by atoms with E-state index in [1.165, 1.54) is 0 Å². The van der Waals surface area contributed by atoms with Crippen molar-refractivity contribution in [3.8, 4) is 23.0 Å². The normalized spacial score (nSPS) is 17.0. The van der Waals surface area contributed by atoms with Gasteiger partial charge in [-0.15, -0.1) is 0 Å². The number of nitrogens with zero attached hydrogens (tertiary/aromatic N) is 1. The Kier molecular flexibility index (Phi) is 3.90. The van der Waals surface area contributed by atoms with Crippen molar-refractivity contribution in [3.05, 3.63) is 35.4 Å². The molecule has 4 rings (SSSR count). The molecule has 0 aliphatic carbocycles. The Bertz CT molecular complexity index is 775. The summed E-state index contributed by atoms with van der Waals surface area (Å²) in [6.45, 7) is 1.90. The van der Waals surface area contributed by atoms with E-state index in [9.17, 15) is 5.11 Å². The van der Waals surface area contributed by atoms with Crippen LogP contribution in [0.3, 0.4) is 0 Å².